The summed E-state index contributed by atoms with van der Waals surface area (Å²) in [6.07, 6.45) is 6.04. The van der Waals surface area contributed by atoms with Gasteiger partial charge >= 0.3 is 0 Å². The molecular formula is C14H11N3O. The summed E-state index contributed by atoms with van der Waals surface area (Å²) in [5, 5.41) is 0. The summed E-state index contributed by atoms with van der Waals surface area (Å²) >= 11 is 0. The molecule has 0 fully saturated rings. The average Bonchev–Trinajstić information content (AvgIpc) is 2.97. The van der Waals surface area contributed by atoms with Gasteiger partial charge in [0.25, 0.3) is 0 Å². The van der Waals surface area contributed by atoms with Crippen molar-refractivity contribution in [2.75, 3.05) is 0 Å². The minimum atomic E-state index is 0.123. The molecule has 0 saturated heterocycles. The standard InChI is InChI=1S/C14H11N3O/c1-2-4-10-9(3-1)7-12-13(10)17-14(18-12)11-8-15-5-6-16-11/h1-6,8,12-13H,7H2. The van der Waals surface area contributed by atoms with Crippen LogP contribution in [0.2, 0.25) is 0 Å². The Labute approximate surface area is 104 Å². The van der Waals surface area contributed by atoms with Crippen LogP contribution in [0.15, 0.2) is 47.8 Å². The average molecular weight is 237 g/mol. The first-order valence-corrected chi connectivity index (χ1v) is 6.00. The van der Waals surface area contributed by atoms with Gasteiger partial charge in [0.1, 0.15) is 17.8 Å². The number of rotatable bonds is 1. The predicted molar refractivity (Wildman–Crippen MR) is 66.3 cm³/mol. The van der Waals surface area contributed by atoms with Gasteiger partial charge in [0.15, 0.2) is 0 Å². The van der Waals surface area contributed by atoms with Crippen LogP contribution in [0, 0.1) is 0 Å². The number of hydrogen-bond donors (Lipinski definition) is 0. The van der Waals surface area contributed by atoms with Crippen molar-refractivity contribution in [1.82, 2.24) is 9.97 Å². The maximum Gasteiger partial charge on any atom is 0.238 e. The molecule has 0 spiro atoms. The Hall–Kier alpha value is -2.23. The zero-order chi connectivity index (χ0) is 11.9. The largest absolute Gasteiger partial charge is 0.470 e. The van der Waals surface area contributed by atoms with Crippen molar-refractivity contribution < 1.29 is 4.74 Å². The van der Waals surface area contributed by atoms with E-state index in [9.17, 15) is 0 Å². The van der Waals surface area contributed by atoms with E-state index in [4.69, 9.17) is 4.74 Å². The van der Waals surface area contributed by atoms with Crippen LogP contribution in [-0.4, -0.2) is 22.0 Å². The van der Waals surface area contributed by atoms with E-state index in [0.29, 0.717) is 11.6 Å². The minimum Gasteiger partial charge on any atom is -0.470 e. The fourth-order valence-corrected chi connectivity index (χ4v) is 2.63. The zero-order valence-electron chi connectivity index (χ0n) is 9.65. The van der Waals surface area contributed by atoms with Gasteiger partial charge in [0, 0.05) is 18.8 Å². The minimum absolute atomic E-state index is 0.123. The SMILES string of the molecule is c1ccc2c(c1)CC1OC(c3cnccn3)=NC21. The van der Waals surface area contributed by atoms with Crippen molar-refractivity contribution in [3.05, 3.63) is 59.7 Å². The van der Waals surface area contributed by atoms with Crippen molar-refractivity contribution in [2.45, 2.75) is 18.6 Å². The lowest BCUT2D eigenvalue weighted by Gasteiger charge is -2.07. The molecule has 2 aromatic rings. The van der Waals surface area contributed by atoms with Gasteiger partial charge < -0.3 is 4.74 Å². The Morgan fingerprint density at radius 3 is 3.00 bits per heavy atom. The molecule has 1 aliphatic carbocycles. The molecule has 0 saturated carbocycles. The first kappa shape index (κ1) is 9.76. The molecule has 0 N–H and O–H groups in total. The molecule has 4 heteroatoms. The summed E-state index contributed by atoms with van der Waals surface area (Å²) in [5.74, 6) is 0.618. The third-order valence-electron chi connectivity index (χ3n) is 3.45. The molecule has 2 aliphatic rings. The molecule has 2 unspecified atom stereocenters. The number of nitrogens with zero attached hydrogens (tertiary/aromatic N) is 3. The van der Waals surface area contributed by atoms with E-state index in [2.05, 4.69) is 39.2 Å². The topological polar surface area (TPSA) is 47.4 Å². The van der Waals surface area contributed by atoms with Crippen molar-refractivity contribution >= 4 is 5.90 Å². The highest BCUT2D eigenvalue weighted by Crippen LogP contribution is 2.40. The van der Waals surface area contributed by atoms with Crippen LogP contribution in [0.25, 0.3) is 0 Å². The highest BCUT2D eigenvalue weighted by atomic mass is 16.5. The van der Waals surface area contributed by atoms with E-state index in [1.807, 2.05) is 0 Å². The number of hydrogen-bond acceptors (Lipinski definition) is 4. The number of aliphatic imine (C=N–C) groups is 1. The van der Waals surface area contributed by atoms with Crippen LogP contribution in [0.3, 0.4) is 0 Å². The smallest absolute Gasteiger partial charge is 0.238 e. The highest BCUT2D eigenvalue weighted by molar-refractivity contribution is 5.93. The molecule has 0 radical (unpaired) electrons. The molecule has 4 nitrogen and oxygen atoms in total. The summed E-state index contributed by atoms with van der Waals surface area (Å²) in [5.41, 5.74) is 3.33. The number of benzene rings is 1. The second-order valence-corrected chi connectivity index (χ2v) is 4.53. The van der Waals surface area contributed by atoms with Crippen molar-refractivity contribution in [3.63, 3.8) is 0 Å². The summed E-state index contributed by atoms with van der Waals surface area (Å²) in [7, 11) is 0. The summed E-state index contributed by atoms with van der Waals surface area (Å²) < 4.78 is 5.90. The van der Waals surface area contributed by atoms with E-state index < -0.39 is 0 Å². The Morgan fingerprint density at radius 1 is 1.17 bits per heavy atom. The first-order valence-electron chi connectivity index (χ1n) is 6.00. The van der Waals surface area contributed by atoms with E-state index in [1.165, 1.54) is 11.1 Å². The lowest BCUT2D eigenvalue weighted by molar-refractivity contribution is 0.206. The molecule has 2 atom stereocenters. The maximum absolute atomic E-state index is 5.90. The Morgan fingerprint density at radius 2 is 2.11 bits per heavy atom. The van der Waals surface area contributed by atoms with Gasteiger partial charge in [-0.15, -0.1) is 0 Å². The van der Waals surface area contributed by atoms with Gasteiger partial charge in [0.2, 0.25) is 5.90 Å². The molecule has 18 heavy (non-hydrogen) atoms. The van der Waals surface area contributed by atoms with Crippen molar-refractivity contribution in [3.8, 4) is 0 Å². The molecule has 1 aromatic carbocycles. The number of aromatic nitrogens is 2. The zero-order valence-corrected chi connectivity index (χ0v) is 9.65. The van der Waals surface area contributed by atoms with Gasteiger partial charge in [-0.1, -0.05) is 24.3 Å². The van der Waals surface area contributed by atoms with Gasteiger partial charge in [-0.05, 0) is 11.1 Å². The van der Waals surface area contributed by atoms with Gasteiger partial charge in [-0.3, -0.25) is 4.98 Å². The van der Waals surface area contributed by atoms with Crippen molar-refractivity contribution in [2.24, 2.45) is 4.99 Å². The Balaban J connectivity index is 1.74. The molecular weight excluding hydrogens is 226 g/mol. The molecule has 4 rings (SSSR count). The van der Waals surface area contributed by atoms with Crippen LogP contribution < -0.4 is 0 Å². The second kappa shape index (κ2) is 3.63. The first-order chi connectivity index (χ1) is 8.92. The molecule has 88 valence electrons. The van der Waals surface area contributed by atoms with Crippen molar-refractivity contribution in [1.29, 1.82) is 0 Å². The summed E-state index contributed by atoms with van der Waals surface area (Å²) in [4.78, 5) is 12.9. The van der Waals surface area contributed by atoms with E-state index in [1.54, 1.807) is 18.6 Å². The third kappa shape index (κ3) is 1.35. The van der Waals surface area contributed by atoms with E-state index in [0.717, 1.165) is 6.42 Å². The molecule has 0 amide bonds. The highest BCUT2D eigenvalue weighted by Gasteiger charge is 2.39. The van der Waals surface area contributed by atoms with E-state index >= 15 is 0 Å². The number of ether oxygens (including phenoxy) is 1. The molecule has 2 heterocycles. The van der Waals surface area contributed by atoms with Crippen LogP contribution in [0.1, 0.15) is 22.9 Å². The van der Waals surface area contributed by atoms with Crippen LogP contribution in [0.5, 0.6) is 0 Å². The fraction of sp³-hybridized carbons (Fsp3) is 0.214. The normalized spacial score (nSPS) is 24.1. The van der Waals surface area contributed by atoms with Gasteiger partial charge in [-0.2, -0.15) is 0 Å². The predicted octanol–water partition coefficient (Wildman–Crippen LogP) is 1.92. The summed E-state index contributed by atoms with van der Waals surface area (Å²) in [6, 6.07) is 8.52. The Bertz CT molecular complexity index is 624. The monoisotopic (exact) mass is 237 g/mol. The van der Waals surface area contributed by atoms with Gasteiger partial charge in [-0.25, -0.2) is 9.98 Å². The Kier molecular flexibility index (Phi) is 1.97. The molecule has 0 bridgehead atoms. The van der Waals surface area contributed by atoms with Crippen LogP contribution >= 0.6 is 0 Å². The molecule has 1 aliphatic heterocycles. The number of fused-ring (bicyclic) bond motifs is 3. The lowest BCUT2D eigenvalue weighted by atomic mass is 10.1. The molecule has 1 aromatic heterocycles. The lowest BCUT2D eigenvalue weighted by Crippen LogP contribution is -2.14. The van der Waals surface area contributed by atoms with E-state index in [-0.39, 0.29) is 12.1 Å². The quantitative estimate of drug-likeness (QED) is 0.761. The third-order valence-corrected chi connectivity index (χ3v) is 3.45. The summed E-state index contributed by atoms with van der Waals surface area (Å²) in [6.45, 7) is 0. The fourth-order valence-electron chi connectivity index (χ4n) is 2.63. The van der Waals surface area contributed by atoms with Gasteiger partial charge in [0.05, 0.1) is 6.20 Å². The van der Waals surface area contributed by atoms with Crippen LogP contribution in [-0.2, 0) is 11.2 Å². The second-order valence-electron chi connectivity index (χ2n) is 4.53. The van der Waals surface area contributed by atoms with Crippen LogP contribution in [0.4, 0.5) is 0 Å². The maximum atomic E-state index is 5.90.